The van der Waals surface area contributed by atoms with Crippen molar-refractivity contribution in [2.45, 2.75) is 52.6 Å². The van der Waals surface area contributed by atoms with Crippen LogP contribution >= 0.6 is 0 Å². The van der Waals surface area contributed by atoms with Crippen molar-refractivity contribution in [3.63, 3.8) is 0 Å². The van der Waals surface area contributed by atoms with Crippen LogP contribution in [0.3, 0.4) is 0 Å². The van der Waals surface area contributed by atoms with E-state index in [1.54, 1.807) is 0 Å². The third kappa shape index (κ3) is 3.59. The van der Waals surface area contributed by atoms with Crippen LogP contribution in [0.15, 0.2) is 24.3 Å². The lowest BCUT2D eigenvalue weighted by atomic mass is 9.78. The molecule has 19 heavy (non-hydrogen) atoms. The number of Topliss-reactive ketones (excluding diaryl/α,β-unsaturated/α-hetero) is 1. The summed E-state index contributed by atoms with van der Waals surface area (Å²) in [6.45, 7) is 6.23. The van der Waals surface area contributed by atoms with E-state index in [-0.39, 0.29) is 17.8 Å². The van der Waals surface area contributed by atoms with Crippen molar-refractivity contribution in [1.29, 1.82) is 0 Å². The summed E-state index contributed by atoms with van der Waals surface area (Å²) in [4.78, 5) is 12.7. The van der Waals surface area contributed by atoms with Gasteiger partial charge in [-0.05, 0) is 44.7 Å². The van der Waals surface area contributed by atoms with Gasteiger partial charge in [0.2, 0.25) is 0 Å². The zero-order chi connectivity index (χ0) is 13.8. The summed E-state index contributed by atoms with van der Waals surface area (Å²) in [6, 6.07) is 7.66. The number of benzene rings is 1. The highest BCUT2D eigenvalue weighted by Crippen LogP contribution is 2.33. The second-order valence-corrected chi connectivity index (χ2v) is 6.00. The quantitative estimate of drug-likeness (QED) is 0.746. The molecule has 2 nitrogen and oxygen atoms in total. The van der Waals surface area contributed by atoms with E-state index in [4.69, 9.17) is 4.74 Å². The van der Waals surface area contributed by atoms with Crippen LogP contribution in [0.25, 0.3) is 0 Å². The smallest absolute Gasteiger partial charge is 0.169 e. The Hall–Kier alpha value is -1.31. The average Bonchev–Trinajstić information content (AvgIpc) is 2.38. The number of para-hydroxylation sites is 1. The van der Waals surface area contributed by atoms with E-state index in [9.17, 15) is 4.79 Å². The molecule has 2 heteroatoms. The SMILES string of the molecule is CC1CCCC(C(=O)c2ccccc2OC(C)C)C1. The van der Waals surface area contributed by atoms with E-state index >= 15 is 0 Å². The second-order valence-electron chi connectivity index (χ2n) is 6.00. The number of hydrogen-bond donors (Lipinski definition) is 0. The van der Waals surface area contributed by atoms with E-state index in [1.165, 1.54) is 12.8 Å². The molecular formula is C17H24O2. The molecule has 0 spiro atoms. The highest BCUT2D eigenvalue weighted by molar-refractivity contribution is 6.00. The number of ether oxygens (including phenoxy) is 1. The van der Waals surface area contributed by atoms with Gasteiger partial charge in [0.25, 0.3) is 0 Å². The Morgan fingerprint density at radius 1 is 1.26 bits per heavy atom. The van der Waals surface area contributed by atoms with E-state index in [1.807, 2.05) is 38.1 Å². The molecule has 1 aliphatic carbocycles. The largest absolute Gasteiger partial charge is 0.490 e. The Kier molecular flexibility index (Phi) is 4.62. The van der Waals surface area contributed by atoms with Gasteiger partial charge in [-0.2, -0.15) is 0 Å². The van der Waals surface area contributed by atoms with E-state index in [0.29, 0.717) is 5.92 Å². The van der Waals surface area contributed by atoms with Crippen LogP contribution in [-0.2, 0) is 0 Å². The number of carbonyl (C=O) groups excluding carboxylic acids is 1. The standard InChI is InChI=1S/C17H24O2/c1-12(2)19-16-10-5-4-9-15(16)17(18)14-8-6-7-13(3)11-14/h4-5,9-10,12-14H,6-8,11H2,1-3H3. The Morgan fingerprint density at radius 2 is 2.00 bits per heavy atom. The van der Waals surface area contributed by atoms with Gasteiger partial charge in [0.1, 0.15) is 5.75 Å². The Balaban J connectivity index is 2.18. The number of hydrogen-bond acceptors (Lipinski definition) is 2. The van der Waals surface area contributed by atoms with Crippen molar-refractivity contribution in [2.75, 3.05) is 0 Å². The van der Waals surface area contributed by atoms with Gasteiger partial charge < -0.3 is 4.74 Å². The van der Waals surface area contributed by atoms with Crippen LogP contribution < -0.4 is 4.74 Å². The first kappa shape index (κ1) is 14.1. The van der Waals surface area contributed by atoms with Crippen molar-refractivity contribution in [3.8, 4) is 5.75 Å². The molecule has 104 valence electrons. The Bertz CT molecular complexity index is 437. The molecule has 0 amide bonds. The molecule has 1 aliphatic rings. The fraction of sp³-hybridized carbons (Fsp3) is 0.588. The van der Waals surface area contributed by atoms with Crippen molar-refractivity contribution >= 4 is 5.78 Å². The lowest BCUT2D eigenvalue weighted by Gasteiger charge is -2.26. The van der Waals surface area contributed by atoms with Gasteiger partial charge >= 0.3 is 0 Å². The summed E-state index contributed by atoms with van der Waals surface area (Å²) in [5, 5.41) is 0. The lowest BCUT2D eigenvalue weighted by molar-refractivity contribution is 0.0862. The number of carbonyl (C=O) groups is 1. The van der Waals surface area contributed by atoms with Crippen LogP contribution in [0.2, 0.25) is 0 Å². The number of ketones is 1. The molecular weight excluding hydrogens is 236 g/mol. The minimum Gasteiger partial charge on any atom is -0.490 e. The minimum absolute atomic E-state index is 0.0965. The van der Waals surface area contributed by atoms with Crippen LogP contribution in [0.4, 0.5) is 0 Å². The fourth-order valence-electron chi connectivity index (χ4n) is 2.92. The van der Waals surface area contributed by atoms with Gasteiger partial charge in [-0.25, -0.2) is 0 Å². The topological polar surface area (TPSA) is 26.3 Å². The van der Waals surface area contributed by atoms with Crippen LogP contribution in [-0.4, -0.2) is 11.9 Å². The molecule has 1 fully saturated rings. The predicted molar refractivity (Wildman–Crippen MR) is 77.7 cm³/mol. The first-order valence-electron chi connectivity index (χ1n) is 7.38. The molecule has 0 heterocycles. The highest BCUT2D eigenvalue weighted by Gasteiger charge is 2.27. The maximum Gasteiger partial charge on any atom is 0.169 e. The third-order valence-corrected chi connectivity index (χ3v) is 3.82. The Morgan fingerprint density at radius 3 is 2.68 bits per heavy atom. The van der Waals surface area contributed by atoms with Gasteiger partial charge in [-0.1, -0.05) is 31.9 Å². The molecule has 0 aliphatic heterocycles. The predicted octanol–water partition coefficient (Wildman–Crippen LogP) is 4.48. The summed E-state index contributed by atoms with van der Waals surface area (Å²) in [5.74, 6) is 1.85. The molecule has 0 radical (unpaired) electrons. The fourth-order valence-corrected chi connectivity index (χ4v) is 2.92. The summed E-state index contributed by atoms with van der Waals surface area (Å²) >= 11 is 0. The van der Waals surface area contributed by atoms with E-state index in [2.05, 4.69) is 6.92 Å². The molecule has 0 bridgehead atoms. The monoisotopic (exact) mass is 260 g/mol. The molecule has 0 N–H and O–H groups in total. The zero-order valence-corrected chi connectivity index (χ0v) is 12.2. The molecule has 1 aromatic rings. The first-order chi connectivity index (χ1) is 9.08. The third-order valence-electron chi connectivity index (χ3n) is 3.82. The molecule has 0 aromatic heterocycles. The average molecular weight is 260 g/mol. The molecule has 2 unspecified atom stereocenters. The van der Waals surface area contributed by atoms with Gasteiger partial charge in [0.05, 0.1) is 11.7 Å². The minimum atomic E-state index is 0.0965. The van der Waals surface area contributed by atoms with Gasteiger partial charge in [0, 0.05) is 5.92 Å². The molecule has 0 saturated heterocycles. The maximum absolute atomic E-state index is 12.7. The van der Waals surface area contributed by atoms with E-state index < -0.39 is 0 Å². The summed E-state index contributed by atoms with van der Waals surface area (Å²) in [5.41, 5.74) is 0.760. The lowest BCUT2D eigenvalue weighted by Crippen LogP contribution is -2.22. The first-order valence-corrected chi connectivity index (χ1v) is 7.38. The van der Waals surface area contributed by atoms with Crippen molar-refractivity contribution in [1.82, 2.24) is 0 Å². The van der Waals surface area contributed by atoms with Crippen molar-refractivity contribution in [2.24, 2.45) is 11.8 Å². The second kappa shape index (κ2) is 6.23. The van der Waals surface area contributed by atoms with Crippen LogP contribution in [0, 0.1) is 11.8 Å². The van der Waals surface area contributed by atoms with Crippen LogP contribution in [0.1, 0.15) is 56.8 Å². The molecule has 1 saturated carbocycles. The maximum atomic E-state index is 12.7. The molecule has 2 atom stereocenters. The van der Waals surface area contributed by atoms with Crippen LogP contribution in [0.5, 0.6) is 5.75 Å². The van der Waals surface area contributed by atoms with Crippen molar-refractivity contribution < 1.29 is 9.53 Å². The molecule has 1 aromatic carbocycles. The van der Waals surface area contributed by atoms with Crippen molar-refractivity contribution in [3.05, 3.63) is 29.8 Å². The van der Waals surface area contributed by atoms with E-state index in [0.717, 1.165) is 24.2 Å². The van der Waals surface area contributed by atoms with Gasteiger partial charge in [0.15, 0.2) is 5.78 Å². The number of rotatable bonds is 4. The molecule has 2 rings (SSSR count). The van der Waals surface area contributed by atoms with Gasteiger partial charge in [-0.3, -0.25) is 4.79 Å². The summed E-state index contributed by atoms with van der Waals surface area (Å²) in [7, 11) is 0. The normalized spacial score (nSPS) is 23.4. The highest BCUT2D eigenvalue weighted by atomic mass is 16.5. The summed E-state index contributed by atoms with van der Waals surface area (Å²) < 4.78 is 5.76. The zero-order valence-electron chi connectivity index (χ0n) is 12.2. The Labute approximate surface area is 116 Å². The van der Waals surface area contributed by atoms with Gasteiger partial charge in [-0.15, -0.1) is 0 Å². The summed E-state index contributed by atoms with van der Waals surface area (Å²) in [6.07, 6.45) is 4.58.